The lowest BCUT2D eigenvalue weighted by Gasteiger charge is -2.18. The van der Waals surface area contributed by atoms with E-state index < -0.39 is 0 Å². The van der Waals surface area contributed by atoms with Crippen LogP contribution in [-0.2, 0) is 11.3 Å². The van der Waals surface area contributed by atoms with Gasteiger partial charge >= 0.3 is 0 Å². The number of nitrogens with two attached hydrogens (primary N) is 1. The molecule has 1 rings (SSSR count). The lowest BCUT2D eigenvalue weighted by Crippen LogP contribution is -2.32. The fourth-order valence-electron chi connectivity index (χ4n) is 1.63. The summed E-state index contributed by atoms with van der Waals surface area (Å²) in [5.41, 5.74) is 6.60. The van der Waals surface area contributed by atoms with Gasteiger partial charge in [0.2, 0.25) is 5.91 Å². The van der Waals surface area contributed by atoms with Gasteiger partial charge in [0, 0.05) is 43.2 Å². The zero-order valence-corrected chi connectivity index (χ0v) is 11.3. The molecule has 3 N–H and O–H groups in total. The van der Waals surface area contributed by atoms with Gasteiger partial charge in [-0.2, -0.15) is 0 Å². The van der Waals surface area contributed by atoms with Crippen molar-refractivity contribution in [3.05, 3.63) is 16.3 Å². The van der Waals surface area contributed by atoms with Crippen molar-refractivity contribution in [3.63, 3.8) is 0 Å². The van der Waals surface area contributed by atoms with E-state index in [1.54, 1.807) is 11.3 Å². The van der Waals surface area contributed by atoms with Crippen molar-refractivity contribution >= 4 is 22.9 Å². The molecule has 0 atom stereocenters. The summed E-state index contributed by atoms with van der Waals surface area (Å²) in [6.45, 7) is 7.02. The maximum absolute atomic E-state index is 11.7. The number of nitrogen functional groups attached to an aromatic ring is 1. The van der Waals surface area contributed by atoms with Gasteiger partial charge < -0.3 is 16.0 Å². The summed E-state index contributed by atoms with van der Waals surface area (Å²) in [4.78, 5) is 14.7. The van der Waals surface area contributed by atoms with Crippen molar-refractivity contribution in [2.75, 3.05) is 25.4 Å². The first-order chi connectivity index (χ1) is 8.19. The first kappa shape index (κ1) is 14.0. The van der Waals surface area contributed by atoms with Crippen molar-refractivity contribution in [1.29, 1.82) is 0 Å². The largest absolute Gasteiger partial charge is 0.398 e. The first-order valence-corrected chi connectivity index (χ1v) is 6.87. The summed E-state index contributed by atoms with van der Waals surface area (Å²) in [6.07, 6.45) is 0.549. The van der Waals surface area contributed by atoms with Gasteiger partial charge in [-0.05, 0) is 25.3 Å². The Bertz CT molecular complexity index is 347. The fraction of sp³-hybridized carbons (Fsp3) is 0.583. The Labute approximate surface area is 107 Å². The van der Waals surface area contributed by atoms with Gasteiger partial charge in [-0.3, -0.25) is 4.79 Å². The van der Waals surface area contributed by atoms with Crippen LogP contribution in [0.4, 0.5) is 5.69 Å². The molecule has 0 spiro atoms. The van der Waals surface area contributed by atoms with Crippen LogP contribution in [-0.4, -0.2) is 30.4 Å². The van der Waals surface area contributed by atoms with E-state index in [9.17, 15) is 4.79 Å². The molecule has 17 heavy (non-hydrogen) atoms. The normalized spacial score (nSPS) is 10.5. The topological polar surface area (TPSA) is 58.4 Å². The molecule has 0 saturated heterocycles. The number of nitrogens with zero attached hydrogens (tertiary/aromatic N) is 1. The Morgan fingerprint density at radius 3 is 2.71 bits per heavy atom. The summed E-state index contributed by atoms with van der Waals surface area (Å²) in [5, 5.41) is 5.23. The van der Waals surface area contributed by atoms with E-state index in [2.05, 4.69) is 5.32 Å². The Balaban J connectivity index is 2.20. The van der Waals surface area contributed by atoms with Crippen LogP contribution < -0.4 is 11.1 Å². The standard InChI is InChI=1S/C12H21N3OS/c1-3-15(4-2)12(16)5-7-14-9-11-10(13)6-8-17-11/h6,8,14H,3-5,7,9,13H2,1-2H3. The second-order valence-electron chi connectivity index (χ2n) is 3.79. The van der Waals surface area contributed by atoms with Crippen molar-refractivity contribution < 1.29 is 4.79 Å². The third-order valence-corrected chi connectivity index (χ3v) is 3.63. The van der Waals surface area contributed by atoms with Gasteiger partial charge in [0.1, 0.15) is 0 Å². The lowest BCUT2D eigenvalue weighted by atomic mass is 10.3. The number of anilines is 1. The van der Waals surface area contributed by atoms with E-state index in [1.807, 2.05) is 30.2 Å². The second kappa shape index (κ2) is 7.29. The van der Waals surface area contributed by atoms with Crippen LogP contribution in [0, 0.1) is 0 Å². The molecular weight excluding hydrogens is 234 g/mol. The van der Waals surface area contributed by atoms with Gasteiger partial charge in [0.25, 0.3) is 0 Å². The molecule has 0 aliphatic rings. The number of carbonyl (C=O) groups excluding carboxylic acids is 1. The Morgan fingerprint density at radius 2 is 2.18 bits per heavy atom. The fourth-order valence-corrected chi connectivity index (χ4v) is 2.39. The number of hydrogen-bond acceptors (Lipinski definition) is 4. The van der Waals surface area contributed by atoms with E-state index in [0.717, 1.165) is 30.2 Å². The van der Waals surface area contributed by atoms with Crippen LogP contribution in [0.5, 0.6) is 0 Å². The number of hydrogen-bond donors (Lipinski definition) is 2. The maximum atomic E-state index is 11.7. The minimum atomic E-state index is 0.210. The molecule has 0 saturated carbocycles. The first-order valence-electron chi connectivity index (χ1n) is 5.99. The highest BCUT2D eigenvalue weighted by Crippen LogP contribution is 2.17. The third kappa shape index (κ3) is 4.36. The third-order valence-electron chi connectivity index (χ3n) is 2.70. The summed E-state index contributed by atoms with van der Waals surface area (Å²) >= 11 is 1.64. The molecule has 1 aromatic heterocycles. The van der Waals surface area contributed by atoms with Gasteiger partial charge in [-0.1, -0.05) is 0 Å². The zero-order valence-electron chi connectivity index (χ0n) is 10.5. The highest BCUT2D eigenvalue weighted by atomic mass is 32.1. The number of rotatable bonds is 7. The molecule has 5 heteroatoms. The van der Waals surface area contributed by atoms with Crippen LogP contribution in [0.3, 0.4) is 0 Å². The second-order valence-corrected chi connectivity index (χ2v) is 4.79. The van der Waals surface area contributed by atoms with Gasteiger partial charge in [0.15, 0.2) is 0 Å². The molecule has 0 bridgehead atoms. The highest BCUT2D eigenvalue weighted by molar-refractivity contribution is 7.10. The van der Waals surface area contributed by atoms with Crippen molar-refractivity contribution in [1.82, 2.24) is 10.2 Å². The molecule has 1 heterocycles. The van der Waals surface area contributed by atoms with Crippen molar-refractivity contribution in [3.8, 4) is 0 Å². The molecule has 0 fully saturated rings. The minimum Gasteiger partial charge on any atom is -0.398 e. The van der Waals surface area contributed by atoms with E-state index >= 15 is 0 Å². The van der Waals surface area contributed by atoms with E-state index in [4.69, 9.17) is 5.73 Å². The van der Waals surface area contributed by atoms with Gasteiger partial charge in [-0.25, -0.2) is 0 Å². The molecule has 1 amide bonds. The number of carbonyl (C=O) groups is 1. The summed E-state index contributed by atoms with van der Waals surface area (Å²) in [6, 6.07) is 1.91. The molecule has 0 aliphatic heterocycles. The van der Waals surface area contributed by atoms with Crippen LogP contribution in [0.25, 0.3) is 0 Å². The molecular formula is C12H21N3OS. The predicted molar refractivity (Wildman–Crippen MR) is 73.0 cm³/mol. The number of thiophene rings is 1. The smallest absolute Gasteiger partial charge is 0.223 e. The van der Waals surface area contributed by atoms with Crippen LogP contribution in [0.2, 0.25) is 0 Å². The summed E-state index contributed by atoms with van der Waals surface area (Å²) in [7, 11) is 0. The number of amides is 1. The summed E-state index contributed by atoms with van der Waals surface area (Å²) < 4.78 is 0. The molecule has 0 unspecified atom stereocenters. The molecule has 0 aromatic carbocycles. The average molecular weight is 255 g/mol. The molecule has 0 radical (unpaired) electrons. The Kier molecular flexibility index (Phi) is 6.00. The van der Waals surface area contributed by atoms with Crippen molar-refractivity contribution in [2.24, 2.45) is 0 Å². The Morgan fingerprint density at radius 1 is 1.47 bits per heavy atom. The van der Waals surface area contributed by atoms with Gasteiger partial charge in [-0.15, -0.1) is 11.3 Å². The van der Waals surface area contributed by atoms with Gasteiger partial charge in [0.05, 0.1) is 0 Å². The molecule has 96 valence electrons. The highest BCUT2D eigenvalue weighted by Gasteiger charge is 2.08. The molecule has 0 aliphatic carbocycles. The Hall–Kier alpha value is -1.07. The van der Waals surface area contributed by atoms with Crippen LogP contribution in [0.15, 0.2) is 11.4 Å². The van der Waals surface area contributed by atoms with E-state index in [0.29, 0.717) is 13.0 Å². The van der Waals surface area contributed by atoms with Crippen LogP contribution in [0.1, 0.15) is 25.1 Å². The maximum Gasteiger partial charge on any atom is 0.223 e. The summed E-state index contributed by atoms with van der Waals surface area (Å²) in [5.74, 6) is 0.210. The zero-order chi connectivity index (χ0) is 12.7. The minimum absolute atomic E-state index is 0.210. The average Bonchev–Trinajstić information content (AvgIpc) is 2.72. The molecule has 4 nitrogen and oxygen atoms in total. The molecule has 1 aromatic rings. The SMILES string of the molecule is CCN(CC)C(=O)CCNCc1sccc1N. The van der Waals surface area contributed by atoms with E-state index in [1.165, 1.54) is 0 Å². The number of nitrogens with one attached hydrogen (secondary N) is 1. The van der Waals surface area contributed by atoms with Crippen LogP contribution >= 0.6 is 11.3 Å². The van der Waals surface area contributed by atoms with Crippen molar-refractivity contribution in [2.45, 2.75) is 26.8 Å². The quantitative estimate of drug-likeness (QED) is 0.729. The van der Waals surface area contributed by atoms with E-state index in [-0.39, 0.29) is 5.91 Å². The monoisotopic (exact) mass is 255 g/mol. The lowest BCUT2D eigenvalue weighted by molar-refractivity contribution is -0.130. The predicted octanol–water partition coefficient (Wildman–Crippen LogP) is 1.68.